The lowest BCUT2D eigenvalue weighted by Crippen LogP contribution is -2.41. The Morgan fingerprint density at radius 3 is 2.80 bits per heavy atom. The van der Waals surface area contributed by atoms with E-state index in [0.717, 1.165) is 12.8 Å². The third-order valence-corrected chi connectivity index (χ3v) is 3.82. The molecule has 1 aromatic heterocycles. The molecule has 1 heterocycles. The van der Waals surface area contributed by atoms with Crippen LogP contribution in [0.2, 0.25) is 0 Å². The van der Waals surface area contributed by atoms with Gasteiger partial charge in [0, 0.05) is 10.9 Å². The molecule has 0 bridgehead atoms. The van der Waals surface area contributed by atoms with Crippen molar-refractivity contribution in [2.45, 2.75) is 38.3 Å². The number of primary amides is 1. The number of nitrogens with zero attached hydrogens (tertiary/aromatic N) is 1. The first-order valence-electron chi connectivity index (χ1n) is 5.36. The van der Waals surface area contributed by atoms with Crippen LogP contribution in [0.3, 0.4) is 0 Å². The summed E-state index contributed by atoms with van der Waals surface area (Å²) >= 11 is 1.68. The van der Waals surface area contributed by atoms with Crippen LogP contribution >= 0.6 is 11.3 Å². The van der Waals surface area contributed by atoms with E-state index in [-0.39, 0.29) is 6.03 Å². The highest BCUT2D eigenvalue weighted by molar-refractivity contribution is 7.09. The Bertz CT molecular complexity index is 317. The Balaban J connectivity index is 2.03. The van der Waals surface area contributed by atoms with Crippen LogP contribution in [0.15, 0.2) is 17.5 Å². The number of urea groups is 1. The van der Waals surface area contributed by atoms with Crippen LogP contribution in [-0.4, -0.2) is 17.0 Å². The average Bonchev–Trinajstić information content (AvgIpc) is 2.87. The molecule has 0 aliphatic heterocycles. The highest BCUT2D eigenvalue weighted by Gasteiger charge is 2.25. The summed E-state index contributed by atoms with van der Waals surface area (Å²) in [6, 6.07) is 4.14. The molecule has 1 fully saturated rings. The minimum absolute atomic E-state index is 0.282. The second-order valence-corrected chi connectivity index (χ2v) is 5.02. The van der Waals surface area contributed by atoms with Crippen LogP contribution < -0.4 is 5.73 Å². The summed E-state index contributed by atoms with van der Waals surface area (Å²) in [5.41, 5.74) is 5.42. The Kier molecular flexibility index (Phi) is 3.26. The maximum atomic E-state index is 11.4. The molecule has 0 aromatic carbocycles. The van der Waals surface area contributed by atoms with Gasteiger partial charge in [0.05, 0.1) is 6.54 Å². The number of carbonyl (C=O) groups excluding carboxylic acids is 1. The third kappa shape index (κ3) is 2.50. The second-order valence-electron chi connectivity index (χ2n) is 3.98. The van der Waals surface area contributed by atoms with Gasteiger partial charge in [-0.15, -0.1) is 11.3 Å². The molecule has 0 atom stereocenters. The summed E-state index contributed by atoms with van der Waals surface area (Å²) in [5, 5.41) is 2.03. The highest BCUT2D eigenvalue weighted by atomic mass is 32.1. The van der Waals surface area contributed by atoms with Gasteiger partial charge < -0.3 is 10.6 Å². The van der Waals surface area contributed by atoms with Gasteiger partial charge in [0.15, 0.2) is 0 Å². The van der Waals surface area contributed by atoms with Crippen molar-refractivity contribution in [3.05, 3.63) is 22.4 Å². The van der Waals surface area contributed by atoms with Crippen molar-refractivity contribution < 1.29 is 4.79 Å². The summed E-state index contributed by atoms with van der Waals surface area (Å²) in [6.07, 6.45) is 4.65. The van der Waals surface area contributed by atoms with E-state index in [2.05, 4.69) is 6.07 Å². The van der Waals surface area contributed by atoms with E-state index in [4.69, 9.17) is 5.73 Å². The van der Waals surface area contributed by atoms with Crippen molar-refractivity contribution in [3.63, 3.8) is 0 Å². The van der Waals surface area contributed by atoms with Crippen molar-refractivity contribution in [1.82, 2.24) is 4.90 Å². The number of hydrogen-bond donors (Lipinski definition) is 1. The molecule has 2 amide bonds. The van der Waals surface area contributed by atoms with Crippen molar-refractivity contribution in [1.29, 1.82) is 0 Å². The molecule has 0 saturated heterocycles. The molecule has 82 valence electrons. The summed E-state index contributed by atoms with van der Waals surface area (Å²) in [5.74, 6) is 0. The predicted octanol–water partition coefficient (Wildman–Crippen LogP) is 2.57. The lowest BCUT2D eigenvalue weighted by molar-refractivity contribution is 0.181. The number of hydrogen-bond acceptors (Lipinski definition) is 2. The van der Waals surface area contributed by atoms with E-state index >= 15 is 0 Å². The average molecular weight is 224 g/mol. The van der Waals surface area contributed by atoms with Gasteiger partial charge >= 0.3 is 6.03 Å². The maximum Gasteiger partial charge on any atom is 0.315 e. The van der Waals surface area contributed by atoms with E-state index < -0.39 is 0 Å². The molecule has 1 aliphatic carbocycles. The van der Waals surface area contributed by atoms with E-state index in [1.807, 2.05) is 16.3 Å². The number of rotatable bonds is 3. The fourth-order valence-electron chi connectivity index (χ4n) is 2.17. The number of nitrogens with two attached hydrogens (primary N) is 1. The monoisotopic (exact) mass is 224 g/mol. The topological polar surface area (TPSA) is 46.3 Å². The molecule has 2 N–H and O–H groups in total. The number of thiophene rings is 1. The zero-order chi connectivity index (χ0) is 10.7. The summed E-state index contributed by atoms with van der Waals surface area (Å²) in [6.45, 7) is 0.678. The van der Waals surface area contributed by atoms with Crippen molar-refractivity contribution in [3.8, 4) is 0 Å². The molecular weight excluding hydrogens is 208 g/mol. The van der Waals surface area contributed by atoms with Gasteiger partial charge in [0.1, 0.15) is 0 Å². The fourth-order valence-corrected chi connectivity index (χ4v) is 2.88. The quantitative estimate of drug-likeness (QED) is 0.842. The predicted molar refractivity (Wildman–Crippen MR) is 61.7 cm³/mol. The molecule has 1 aliphatic rings. The first-order valence-corrected chi connectivity index (χ1v) is 6.24. The lowest BCUT2D eigenvalue weighted by atomic mass is 10.2. The standard InChI is InChI=1S/C11H16N2OS/c12-11(14)13(9-4-1-2-5-9)8-10-6-3-7-15-10/h3,6-7,9H,1-2,4-5,8H2,(H2,12,14). The molecule has 3 nitrogen and oxygen atoms in total. The highest BCUT2D eigenvalue weighted by Crippen LogP contribution is 2.25. The zero-order valence-electron chi connectivity index (χ0n) is 8.69. The van der Waals surface area contributed by atoms with E-state index in [1.54, 1.807) is 11.3 Å². The van der Waals surface area contributed by atoms with Crippen LogP contribution in [-0.2, 0) is 6.54 Å². The summed E-state index contributed by atoms with van der Waals surface area (Å²) in [7, 11) is 0. The van der Waals surface area contributed by atoms with Crippen LogP contribution in [0.4, 0.5) is 4.79 Å². The largest absolute Gasteiger partial charge is 0.351 e. The Hall–Kier alpha value is -1.03. The van der Waals surface area contributed by atoms with Gasteiger partial charge in [-0.2, -0.15) is 0 Å². The van der Waals surface area contributed by atoms with Gasteiger partial charge in [0.2, 0.25) is 0 Å². The third-order valence-electron chi connectivity index (χ3n) is 2.95. The minimum Gasteiger partial charge on any atom is -0.351 e. The lowest BCUT2D eigenvalue weighted by Gasteiger charge is -2.26. The fraction of sp³-hybridized carbons (Fsp3) is 0.545. The molecule has 1 aromatic rings. The van der Waals surface area contributed by atoms with E-state index in [1.165, 1.54) is 17.7 Å². The van der Waals surface area contributed by atoms with Gasteiger partial charge in [0.25, 0.3) is 0 Å². The second kappa shape index (κ2) is 4.66. The van der Waals surface area contributed by atoms with Crippen molar-refractivity contribution in [2.75, 3.05) is 0 Å². The molecule has 0 unspecified atom stereocenters. The summed E-state index contributed by atoms with van der Waals surface area (Å²) in [4.78, 5) is 14.4. The van der Waals surface area contributed by atoms with Gasteiger partial charge in [-0.25, -0.2) is 4.79 Å². The van der Waals surface area contributed by atoms with Crippen LogP contribution in [0, 0.1) is 0 Å². The number of amides is 2. The molecule has 2 rings (SSSR count). The minimum atomic E-state index is -0.282. The van der Waals surface area contributed by atoms with Gasteiger partial charge in [-0.05, 0) is 24.3 Å². The molecule has 15 heavy (non-hydrogen) atoms. The smallest absolute Gasteiger partial charge is 0.315 e. The van der Waals surface area contributed by atoms with Gasteiger partial charge in [-0.1, -0.05) is 18.9 Å². The molecule has 0 spiro atoms. The van der Waals surface area contributed by atoms with Crippen LogP contribution in [0.1, 0.15) is 30.6 Å². The first kappa shape index (κ1) is 10.5. The Morgan fingerprint density at radius 2 is 2.27 bits per heavy atom. The molecule has 1 saturated carbocycles. The SMILES string of the molecule is NC(=O)N(Cc1cccs1)C1CCCC1. The maximum absolute atomic E-state index is 11.4. The van der Waals surface area contributed by atoms with E-state index in [9.17, 15) is 4.79 Å². The van der Waals surface area contributed by atoms with Crippen LogP contribution in [0.25, 0.3) is 0 Å². The molecule has 0 radical (unpaired) electrons. The normalized spacial score (nSPS) is 16.8. The van der Waals surface area contributed by atoms with Crippen LogP contribution in [0.5, 0.6) is 0 Å². The molecular formula is C11H16N2OS. The summed E-state index contributed by atoms with van der Waals surface area (Å²) < 4.78 is 0. The first-order chi connectivity index (χ1) is 7.27. The number of carbonyl (C=O) groups is 1. The molecule has 4 heteroatoms. The van der Waals surface area contributed by atoms with E-state index in [0.29, 0.717) is 12.6 Å². The zero-order valence-corrected chi connectivity index (χ0v) is 9.50. The van der Waals surface area contributed by atoms with Crippen molar-refractivity contribution in [2.24, 2.45) is 5.73 Å². The Morgan fingerprint density at radius 1 is 1.53 bits per heavy atom. The van der Waals surface area contributed by atoms with Gasteiger partial charge in [-0.3, -0.25) is 0 Å². The van der Waals surface area contributed by atoms with Crippen molar-refractivity contribution >= 4 is 17.4 Å². The Labute approximate surface area is 93.9 Å².